The van der Waals surface area contributed by atoms with E-state index in [1.807, 2.05) is 25.1 Å². The molecule has 2 rings (SSSR count). The molecule has 1 aromatic heterocycles. The van der Waals surface area contributed by atoms with Gasteiger partial charge in [0.25, 0.3) is 5.91 Å². The van der Waals surface area contributed by atoms with Crippen LogP contribution < -0.4 is 5.32 Å². The summed E-state index contributed by atoms with van der Waals surface area (Å²) in [6.07, 6.45) is 2.08. The average Bonchev–Trinajstić information content (AvgIpc) is 2.69. The number of hydrogen-bond donors (Lipinski definition) is 2. The van der Waals surface area contributed by atoms with Crippen LogP contribution in [0, 0.1) is 6.92 Å². The number of benzene rings is 1. The Bertz CT molecular complexity index is 530. The Morgan fingerprint density at radius 3 is 3.06 bits per heavy atom. The Kier molecular flexibility index (Phi) is 3.42. The molecule has 0 saturated heterocycles. The molecule has 0 aliphatic rings. The highest BCUT2D eigenvalue weighted by molar-refractivity contribution is 6.04. The van der Waals surface area contributed by atoms with Crippen LogP contribution >= 0.6 is 0 Å². The molecule has 0 unspecified atom stereocenters. The van der Waals surface area contributed by atoms with E-state index in [2.05, 4.69) is 22.2 Å². The number of carbonyl (C=O) groups is 1. The minimum absolute atomic E-state index is 0.0458. The number of nitrogens with zero attached hydrogens (tertiary/aromatic N) is 1. The number of nitrogens with one attached hydrogen (secondary N) is 2. The van der Waals surface area contributed by atoms with E-state index in [1.54, 1.807) is 0 Å². The normalized spacial score (nSPS) is 10.7. The molecular weight excluding hydrogens is 214 g/mol. The molecule has 90 valence electrons. The van der Waals surface area contributed by atoms with Gasteiger partial charge in [-0.3, -0.25) is 4.79 Å². The lowest BCUT2D eigenvalue weighted by Crippen LogP contribution is -2.24. The predicted octanol–water partition coefficient (Wildman–Crippen LogP) is 2.40. The van der Waals surface area contributed by atoms with Crippen molar-refractivity contribution in [3.05, 3.63) is 29.6 Å². The molecule has 2 N–H and O–H groups in total. The summed E-state index contributed by atoms with van der Waals surface area (Å²) < 4.78 is 0. The molecule has 1 aromatic carbocycles. The lowest BCUT2D eigenvalue weighted by molar-refractivity contribution is 0.0954. The summed E-state index contributed by atoms with van der Waals surface area (Å²) >= 11 is 0. The molecule has 0 spiro atoms. The summed E-state index contributed by atoms with van der Waals surface area (Å²) in [6.45, 7) is 4.71. The molecule has 2 aromatic rings. The van der Waals surface area contributed by atoms with Gasteiger partial charge in [0.1, 0.15) is 11.3 Å². The first-order valence-electron chi connectivity index (χ1n) is 5.96. The fourth-order valence-corrected chi connectivity index (χ4v) is 1.81. The van der Waals surface area contributed by atoms with Gasteiger partial charge in [0.15, 0.2) is 0 Å². The van der Waals surface area contributed by atoms with Crippen molar-refractivity contribution < 1.29 is 4.79 Å². The summed E-state index contributed by atoms with van der Waals surface area (Å²) in [5.41, 5.74) is 2.30. The minimum atomic E-state index is -0.0458. The number of carbonyl (C=O) groups excluding carboxylic acids is 1. The third-order valence-corrected chi connectivity index (χ3v) is 2.69. The fourth-order valence-electron chi connectivity index (χ4n) is 1.81. The van der Waals surface area contributed by atoms with E-state index < -0.39 is 0 Å². The molecule has 0 aliphatic carbocycles. The number of aryl methyl sites for hydroxylation is 1. The predicted molar refractivity (Wildman–Crippen MR) is 68.1 cm³/mol. The number of rotatable bonds is 4. The van der Waals surface area contributed by atoms with Crippen LogP contribution in [-0.4, -0.2) is 22.4 Å². The number of H-pyrrole nitrogens is 1. The number of fused-ring (bicyclic) bond motifs is 1. The van der Waals surface area contributed by atoms with Crippen LogP contribution in [0.4, 0.5) is 0 Å². The Hall–Kier alpha value is -1.84. The van der Waals surface area contributed by atoms with Crippen LogP contribution in [0.5, 0.6) is 0 Å². The van der Waals surface area contributed by atoms with Crippen molar-refractivity contribution in [1.29, 1.82) is 0 Å². The standard InChI is InChI=1S/C13H17N3O/c1-3-4-8-14-13(17)10-6-5-7-11-12(10)16-9(2)15-11/h5-7H,3-4,8H2,1-2H3,(H,14,17)(H,15,16). The summed E-state index contributed by atoms with van der Waals surface area (Å²) in [6, 6.07) is 5.61. The molecule has 0 saturated carbocycles. The van der Waals surface area contributed by atoms with E-state index >= 15 is 0 Å². The topological polar surface area (TPSA) is 57.8 Å². The molecule has 4 nitrogen and oxygen atoms in total. The highest BCUT2D eigenvalue weighted by Crippen LogP contribution is 2.16. The monoisotopic (exact) mass is 231 g/mol. The Balaban J connectivity index is 2.25. The zero-order valence-electron chi connectivity index (χ0n) is 10.2. The lowest BCUT2D eigenvalue weighted by Gasteiger charge is -2.04. The number of aromatic nitrogens is 2. The van der Waals surface area contributed by atoms with E-state index in [0.29, 0.717) is 5.56 Å². The quantitative estimate of drug-likeness (QED) is 0.794. The second kappa shape index (κ2) is 4.99. The maximum Gasteiger partial charge on any atom is 0.253 e. The van der Waals surface area contributed by atoms with Gasteiger partial charge in [0.05, 0.1) is 11.1 Å². The van der Waals surface area contributed by atoms with Crippen molar-refractivity contribution in [2.24, 2.45) is 0 Å². The third kappa shape index (κ3) is 2.46. The van der Waals surface area contributed by atoms with Crippen molar-refractivity contribution in [2.45, 2.75) is 26.7 Å². The van der Waals surface area contributed by atoms with Crippen LogP contribution in [-0.2, 0) is 0 Å². The van der Waals surface area contributed by atoms with Crippen LogP contribution in [0.3, 0.4) is 0 Å². The third-order valence-electron chi connectivity index (χ3n) is 2.69. The van der Waals surface area contributed by atoms with E-state index in [4.69, 9.17) is 0 Å². The van der Waals surface area contributed by atoms with Crippen molar-refractivity contribution in [3.8, 4) is 0 Å². The zero-order chi connectivity index (χ0) is 12.3. The number of imidazole rings is 1. The second-order valence-electron chi connectivity index (χ2n) is 4.13. The van der Waals surface area contributed by atoms with Crippen molar-refractivity contribution in [3.63, 3.8) is 0 Å². The molecule has 0 atom stereocenters. The van der Waals surface area contributed by atoms with Gasteiger partial charge in [0, 0.05) is 6.54 Å². The molecular formula is C13H17N3O. The fraction of sp³-hybridized carbons (Fsp3) is 0.385. The van der Waals surface area contributed by atoms with Gasteiger partial charge in [0.2, 0.25) is 0 Å². The molecule has 0 aliphatic heterocycles. The van der Waals surface area contributed by atoms with Gasteiger partial charge in [-0.15, -0.1) is 0 Å². The highest BCUT2D eigenvalue weighted by Gasteiger charge is 2.11. The number of hydrogen-bond acceptors (Lipinski definition) is 2. The molecule has 1 heterocycles. The van der Waals surface area contributed by atoms with E-state index in [9.17, 15) is 4.79 Å². The molecule has 0 bridgehead atoms. The highest BCUT2D eigenvalue weighted by atomic mass is 16.1. The number of amides is 1. The molecule has 17 heavy (non-hydrogen) atoms. The zero-order valence-corrected chi connectivity index (χ0v) is 10.2. The van der Waals surface area contributed by atoms with Crippen LogP contribution in [0.15, 0.2) is 18.2 Å². The van der Waals surface area contributed by atoms with E-state index in [0.717, 1.165) is 36.2 Å². The number of unbranched alkanes of at least 4 members (excludes halogenated alkanes) is 1. The summed E-state index contributed by atoms with van der Waals surface area (Å²) in [5.74, 6) is 0.782. The molecule has 4 heteroatoms. The first-order chi connectivity index (χ1) is 8.22. The van der Waals surface area contributed by atoms with E-state index in [1.165, 1.54) is 0 Å². The Morgan fingerprint density at radius 2 is 2.29 bits per heavy atom. The van der Waals surface area contributed by atoms with Gasteiger partial charge >= 0.3 is 0 Å². The van der Waals surface area contributed by atoms with Crippen LogP contribution in [0.1, 0.15) is 35.9 Å². The smallest absolute Gasteiger partial charge is 0.253 e. The van der Waals surface area contributed by atoms with Crippen LogP contribution in [0.25, 0.3) is 11.0 Å². The SMILES string of the molecule is CCCCNC(=O)c1cccc2[nH]c(C)nc12. The van der Waals surface area contributed by atoms with Gasteiger partial charge in [-0.05, 0) is 25.5 Å². The van der Waals surface area contributed by atoms with Gasteiger partial charge < -0.3 is 10.3 Å². The first kappa shape index (κ1) is 11.6. The molecule has 0 radical (unpaired) electrons. The van der Waals surface area contributed by atoms with Crippen molar-refractivity contribution in [1.82, 2.24) is 15.3 Å². The lowest BCUT2D eigenvalue weighted by atomic mass is 10.1. The van der Waals surface area contributed by atoms with Crippen molar-refractivity contribution in [2.75, 3.05) is 6.54 Å². The van der Waals surface area contributed by atoms with Gasteiger partial charge in [-0.25, -0.2) is 4.98 Å². The molecule has 1 amide bonds. The largest absolute Gasteiger partial charge is 0.352 e. The second-order valence-corrected chi connectivity index (χ2v) is 4.13. The van der Waals surface area contributed by atoms with Crippen LogP contribution in [0.2, 0.25) is 0 Å². The Labute approximate surface area is 100 Å². The Morgan fingerprint density at radius 1 is 1.47 bits per heavy atom. The molecule has 0 fully saturated rings. The minimum Gasteiger partial charge on any atom is -0.352 e. The maximum atomic E-state index is 12.0. The number of para-hydroxylation sites is 1. The number of aromatic amines is 1. The summed E-state index contributed by atoms with van der Waals surface area (Å²) in [7, 11) is 0. The summed E-state index contributed by atoms with van der Waals surface area (Å²) in [5, 5.41) is 2.91. The average molecular weight is 231 g/mol. The van der Waals surface area contributed by atoms with E-state index in [-0.39, 0.29) is 5.91 Å². The summed E-state index contributed by atoms with van der Waals surface area (Å²) in [4.78, 5) is 19.5. The van der Waals surface area contributed by atoms with Gasteiger partial charge in [-0.2, -0.15) is 0 Å². The first-order valence-corrected chi connectivity index (χ1v) is 5.96. The van der Waals surface area contributed by atoms with Crippen molar-refractivity contribution >= 4 is 16.9 Å². The maximum absolute atomic E-state index is 12.0. The van der Waals surface area contributed by atoms with Gasteiger partial charge in [-0.1, -0.05) is 19.4 Å².